The number of methoxy groups -OCH3 is 1. The summed E-state index contributed by atoms with van der Waals surface area (Å²) in [4.78, 5) is 24.8. The Balaban J connectivity index is 1.64. The van der Waals surface area contributed by atoms with Crippen LogP contribution < -0.4 is 25.6 Å². The molecule has 0 atom stereocenters. The summed E-state index contributed by atoms with van der Waals surface area (Å²) in [5, 5.41) is 8.74. The van der Waals surface area contributed by atoms with Crippen molar-refractivity contribution in [2.45, 2.75) is 31.1 Å². The monoisotopic (exact) mass is 580 g/mol. The van der Waals surface area contributed by atoms with Gasteiger partial charge in [0.25, 0.3) is 0 Å². The van der Waals surface area contributed by atoms with Gasteiger partial charge in [0.1, 0.15) is 17.1 Å². The Morgan fingerprint density at radius 2 is 1.93 bits per heavy atom. The molecule has 2 aliphatic rings. The van der Waals surface area contributed by atoms with E-state index in [-0.39, 0.29) is 17.8 Å². The molecule has 2 saturated heterocycles. The van der Waals surface area contributed by atoms with Crippen LogP contribution >= 0.6 is 11.9 Å². The lowest BCUT2D eigenvalue weighted by atomic mass is 10.0. The maximum Gasteiger partial charge on any atom is 0.421 e. The van der Waals surface area contributed by atoms with Crippen LogP contribution in [0.4, 0.5) is 42.0 Å². The number of halogens is 3. The number of carbonyl (C=O) groups is 1. The molecule has 10 nitrogen and oxygen atoms in total. The molecule has 1 aromatic carbocycles. The van der Waals surface area contributed by atoms with Crippen molar-refractivity contribution in [1.29, 1.82) is 0 Å². The van der Waals surface area contributed by atoms with Crippen molar-refractivity contribution < 1.29 is 22.7 Å². The number of hydrogen-bond acceptors (Lipinski definition) is 10. The first-order chi connectivity index (χ1) is 19.0. The van der Waals surface area contributed by atoms with Crippen LogP contribution in [0.3, 0.4) is 0 Å². The molecule has 0 unspecified atom stereocenters. The molecule has 0 spiro atoms. The molecule has 2 aliphatic heterocycles. The van der Waals surface area contributed by atoms with Gasteiger partial charge in [-0.1, -0.05) is 18.5 Å². The van der Waals surface area contributed by atoms with Crippen molar-refractivity contribution in [2.75, 3.05) is 74.5 Å². The molecular formula is C26H35F3N8O2S. The van der Waals surface area contributed by atoms with E-state index >= 15 is 0 Å². The van der Waals surface area contributed by atoms with E-state index in [0.717, 1.165) is 37.8 Å². The van der Waals surface area contributed by atoms with Gasteiger partial charge in [-0.25, -0.2) is 9.29 Å². The molecule has 0 bridgehead atoms. The van der Waals surface area contributed by atoms with Crippen molar-refractivity contribution in [1.82, 2.24) is 19.2 Å². The van der Waals surface area contributed by atoms with Gasteiger partial charge < -0.3 is 30.5 Å². The third-order valence-corrected chi connectivity index (χ3v) is 7.90. The molecule has 1 amide bonds. The lowest BCUT2D eigenvalue weighted by molar-refractivity contribution is -0.137. The third-order valence-electron chi connectivity index (χ3n) is 7.08. The first-order valence-corrected chi connectivity index (χ1v) is 14.0. The Kier molecular flexibility index (Phi) is 9.31. The van der Waals surface area contributed by atoms with E-state index in [0.29, 0.717) is 36.3 Å². The average molecular weight is 581 g/mol. The molecule has 3 N–H and O–H groups in total. The molecular weight excluding hydrogens is 545 g/mol. The Morgan fingerprint density at radius 3 is 2.50 bits per heavy atom. The third kappa shape index (κ3) is 6.91. The number of hydrogen-bond donors (Lipinski definition) is 3. The van der Waals surface area contributed by atoms with Gasteiger partial charge in [0.05, 0.1) is 30.2 Å². The van der Waals surface area contributed by atoms with E-state index in [1.165, 1.54) is 25.1 Å². The smallest absolute Gasteiger partial charge is 0.421 e. The summed E-state index contributed by atoms with van der Waals surface area (Å²) >= 11 is 1.53. The summed E-state index contributed by atoms with van der Waals surface area (Å²) in [5.41, 5.74) is 0.724. The molecule has 2 fully saturated rings. The zero-order chi connectivity index (χ0) is 29.0. The molecule has 1 aromatic heterocycles. The number of piperidine rings is 1. The summed E-state index contributed by atoms with van der Waals surface area (Å²) < 4.78 is 48.8. The number of alkyl halides is 3. The molecule has 0 saturated carbocycles. The van der Waals surface area contributed by atoms with Crippen LogP contribution in [0.1, 0.15) is 18.4 Å². The van der Waals surface area contributed by atoms with Gasteiger partial charge in [0.2, 0.25) is 11.9 Å². The van der Waals surface area contributed by atoms with E-state index in [1.54, 1.807) is 12.1 Å². The van der Waals surface area contributed by atoms with Gasteiger partial charge in [0.15, 0.2) is 0 Å². The quantitative estimate of drug-likeness (QED) is 0.279. The second-order valence-corrected chi connectivity index (χ2v) is 10.8. The van der Waals surface area contributed by atoms with E-state index < -0.39 is 17.6 Å². The number of aromatic nitrogens is 2. The molecule has 0 aliphatic carbocycles. The zero-order valence-electron chi connectivity index (χ0n) is 23.0. The van der Waals surface area contributed by atoms with Crippen molar-refractivity contribution in [3.63, 3.8) is 0 Å². The Hall–Kier alpha value is -3.23. The largest absolute Gasteiger partial charge is 0.494 e. The van der Waals surface area contributed by atoms with Gasteiger partial charge in [-0.05, 0) is 45.3 Å². The molecule has 2 aromatic rings. The Labute approximate surface area is 236 Å². The van der Waals surface area contributed by atoms with Crippen LogP contribution in [0.5, 0.6) is 5.75 Å². The molecule has 218 valence electrons. The van der Waals surface area contributed by atoms with E-state index in [9.17, 15) is 18.0 Å². The van der Waals surface area contributed by atoms with Gasteiger partial charge in [0, 0.05) is 44.5 Å². The van der Waals surface area contributed by atoms with Crippen LogP contribution in [0, 0.1) is 0 Å². The van der Waals surface area contributed by atoms with Crippen LogP contribution in [-0.4, -0.2) is 90.8 Å². The fraction of sp³-hybridized carbons (Fsp3) is 0.500. The normalized spacial score (nSPS) is 16.9. The van der Waals surface area contributed by atoms with Gasteiger partial charge in [-0.15, -0.1) is 0 Å². The highest BCUT2D eigenvalue weighted by Crippen LogP contribution is 2.40. The lowest BCUT2D eigenvalue weighted by Gasteiger charge is -2.38. The molecule has 40 heavy (non-hydrogen) atoms. The van der Waals surface area contributed by atoms with Gasteiger partial charge >= 0.3 is 6.18 Å². The number of benzene rings is 1. The van der Waals surface area contributed by atoms with Crippen molar-refractivity contribution in [3.05, 3.63) is 36.5 Å². The maximum atomic E-state index is 13.7. The van der Waals surface area contributed by atoms with Crippen molar-refractivity contribution in [2.24, 2.45) is 0 Å². The molecule has 14 heteroatoms. The van der Waals surface area contributed by atoms with Crippen LogP contribution in [-0.2, 0) is 11.0 Å². The fourth-order valence-corrected chi connectivity index (χ4v) is 5.41. The lowest BCUT2D eigenvalue weighted by Crippen LogP contribution is -2.51. The van der Waals surface area contributed by atoms with Crippen molar-refractivity contribution >= 4 is 46.7 Å². The van der Waals surface area contributed by atoms with E-state index in [1.807, 2.05) is 10.6 Å². The average Bonchev–Trinajstić information content (AvgIpc) is 2.90. The second-order valence-electron chi connectivity index (χ2n) is 9.89. The predicted molar refractivity (Wildman–Crippen MR) is 154 cm³/mol. The Morgan fingerprint density at radius 1 is 1.23 bits per heavy atom. The number of carbonyl (C=O) groups excluding carboxylic acids is 1. The second kappa shape index (κ2) is 12.5. The van der Waals surface area contributed by atoms with Crippen LogP contribution in [0.2, 0.25) is 0 Å². The van der Waals surface area contributed by atoms with Gasteiger partial charge in [-0.2, -0.15) is 18.2 Å². The number of nitrogens with one attached hydrogen (secondary N) is 3. The van der Waals surface area contributed by atoms with E-state index in [4.69, 9.17) is 4.74 Å². The number of rotatable bonds is 10. The minimum absolute atomic E-state index is 0.0459. The predicted octanol–water partition coefficient (Wildman–Crippen LogP) is 4.28. The number of anilines is 5. The van der Waals surface area contributed by atoms with Crippen LogP contribution in [0.15, 0.2) is 31.0 Å². The number of nitrogens with zero attached hydrogens (tertiary/aromatic N) is 5. The molecule has 0 radical (unpaired) electrons. The number of ether oxygens (including phenoxy) is 1. The van der Waals surface area contributed by atoms with Crippen LogP contribution in [0.25, 0.3) is 0 Å². The summed E-state index contributed by atoms with van der Waals surface area (Å²) in [6.07, 6.45) is 1.14. The zero-order valence-corrected chi connectivity index (χ0v) is 23.8. The Bertz CT molecular complexity index is 1220. The standard InChI is InChI=1S/C26H35F3N8O2S/c1-6-23(38)32-19-11-20(22(39-4)12-21(19)36-9-7-17(8-10-36)35(2)3)33-25-30-13-18(26(27,28)29)24(34-25)31-16-14-37(15-16)40-5/h6,11-13,16-17H,1,7-10,14-15H2,2-5H3,(H,32,38)(H2,30,31,33,34). The molecule has 4 rings (SSSR count). The first-order valence-electron chi connectivity index (χ1n) is 12.9. The summed E-state index contributed by atoms with van der Waals surface area (Å²) in [6.45, 7) is 6.29. The summed E-state index contributed by atoms with van der Waals surface area (Å²) in [5.74, 6) is -0.308. The molecule has 3 heterocycles. The highest BCUT2D eigenvalue weighted by atomic mass is 32.2. The highest BCUT2D eigenvalue weighted by molar-refractivity contribution is 7.96. The topological polar surface area (TPSA) is 97.9 Å². The SMILES string of the molecule is C=CC(=O)Nc1cc(Nc2ncc(C(F)(F)F)c(NC3CN(SC)C3)n2)c(OC)cc1N1CCC(N(C)C)CC1. The summed E-state index contributed by atoms with van der Waals surface area (Å²) in [7, 11) is 5.63. The van der Waals surface area contributed by atoms with E-state index in [2.05, 4.69) is 56.4 Å². The maximum absolute atomic E-state index is 13.7. The number of amides is 1. The summed E-state index contributed by atoms with van der Waals surface area (Å²) in [6, 6.07) is 3.77. The minimum Gasteiger partial charge on any atom is -0.494 e. The minimum atomic E-state index is -4.62. The van der Waals surface area contributed by atoms with Crippen molar-refractivity contribution in [3.8, 4) is 5.75 Å². The van der Waals surface area contributed by atoms with Gasteiger partial charge in [-0.3, -0.25) is 4.79 Å². The highest BCUT2D eigenvalue weighted by Gasteiger charge is 2.37. The first kappa shape index (κ1) is 29.7. The fourth-order valence-electron chi connectivity index (χ4n) is 4.76.